The zero-order chi connectivity index (χ0) is 26.3. The molecule has 1 aliphatic rings. The van der Waals surface area contributed by atoms with E-state index >= 15 is 0 Å². The number of nitrogens with zero attached hydrogens (tertiary/aromatic N) is 1. The monoisotopic (exact) mass is 511 g/mol. The molecule has 0 radical (unpaired) electrons. The third-order valence-corrected chi connectivity index (χ3v) is 7.25. The molecule has 1 aromatic carbocycles. The smallest absolute Gasteiger partial charge is 0.303 e. The topological polar surface area (TPSA) is 68.7 Å². The van der Waals surface area contributed by atoms with Crippen molar-refractivity contribution in [1.82, 2.24) is 4.98 Å². The first kappa shape index (κ1) is 27.4. The lowest BCUT2D eigenvalue weighted by Gasteiger charge is -2.24. The molecule has 1 aliphatic carbocycles. The number of carboxylic acids is 1. The number of benzene rings is 1. The number of carbonyl (C=O) groups is 1. The fourth-order valence-corrected chi connectivity index (χ4v) is 5.42. The fraction of sp³-hybridized carbons (Fsp3) is 0.379. The number of aryl methyl sites for hydroxylation is 1. The molecule has 36 heavy (non-hydrogen) atoms. The van der Waals surface area contributed by atoms with E-state index in [1.807, 2.05) is 43.5 Å². The van der Waals surface area contributed by atoms with Crippen molar-refractivity contribution in [1.29, 1.82) is 0 Å². The number of allylic oxidation sites excluding steroid dienone is 2. The van der Waals surface area contributed by atoms with Crippen molar-refractivity contribution < 1.29 is 23.8 Å². The summed E-state index contributed by atoms with van der Waals surface area (Å²) in [5.74, 6) is -0.169. The quantitative estimate of drug-likeness (QED) is 0.318. The third kappa shape index (κ3) is 6.32. The van der Waals surface area contributed by atoms with Crippen LogP contribution in [0.3, 0.4) is 0 Å². The van der Waals surface area contributed by atoms with Gasteiger partial charge in [0.1, 0.15) is 18.2 Å². The highest BCUT2D eigenvalue weighted by atomic mass is 32.1. The molecule has 0 saturated carbocycles. The maximum atomic E-state index is 14.9. The van der Waals surface area contributed by atoms with Crippen LogP contribution in [0.2, 0.25) is 0 Å². The summed E-state index contributed by atoms with van der Waals surface area (Å²) in [6.45, 7) is 8.76. The van der Waals surface area contributed by atoms with Crippen LogP contribution in [-0.2, 0) is 17.8 Å². The van der Waals surface area contributed by atoms with Gasteiger partial charge in [0, 0.05) is 34.1 Å². The van der Waals surface area contributed by atoms with E-state index in [0.717, 1.165) is 34.4 Å². The number of aliphatic carboxylic acids is 1. The minimum Gasteiger partial charge on any atom is -0.489 e. The molecule has 4 rings (SSSR count). The summed E-state index contributed by atoms with van der Waals surface area (Å²) in [6.07, 6.45) is 5.98. The van der Waals surface area contributed by atoms with Crippen LogP contribution >= 0.6 is 11.3 Å². The summed E-state index contributed by atoms with van der Waals surface area (Å²) >= 11 is 1.49. The van der Waals surface area contributed by atoms with E-state index < -0.39 is 5.97 Å². The number of pyridine rings is 1. The summed E-state index contributed by atoms with van der Waals surface area (Å²) in [5.41, 5.74) is 4.56. The van der Waals surface area contributed by atoms with Gasteiger partial charge in [0.05, 0.1) is 13.3 Å². The van der Waals surface area contributed by atoms with Crippen LogP contribution < -0.4 is 9.47 Å². The Bertz CT molecular complexity index is 1230. The summed E-state index contributed by atoms with van der Waals surface area (Å²) in [4.78, 5) is 15.7. The Hall–Kier alpha value is -3.19. The molecule has 1 N–H and O–H groups in total. The van der Waals surface area contributed by atoms with Crippen LogP contribution in [0.15, 0.2) is 48.0 Å². The number of aromatic nitrogens is 1. The Kier molecular flexibility index (Phi) is 9.26. The minimum absolute atomic E-state index is 0.0328. The second-order valence-corrected chi connectivity index (χ2v) is 9.92. The van der Waals surface area contributed by atoms with Crippen molar-refractivity contribution in [3.8, 4) is 22.1 Å². The van der Waals surface area contributed by atoms with E-state index in [1.165, 1.54) is 30.2 Å². The molecule has 0 aliphatic heterocycles. The van der Waals surface area contributed by atoms with Crippen LogP contribution in [0.5, 0.6) is 11.6 Å². The molecule has 2 heterocycles. The summed E-state index contributed by atoms with van der Waals surface area (Å²) in [5, 5.41) is 11.0. The molecule has 7 heteroatoms. The number of hydrogen-bond donors (Lipinski definition) is 1. The van der Waals surface area contributed by atoms with Gasteiger partial charge in [-0.25, -0.2) is 9.37 Å². The van der Waals surface area contributed by atoms with Crippen molar-refractivity contribution in [3.63, 3.8) is 0 Å². The fourth-order valence-electron chi connectivity index (χ4n) is 4.33. The molecule has 2 aromatic heterocycles. The van der Waals surface area contributed by atoms with Gasteiger partial charge < -0.3 is 14.6 Å². The van der Waals surface area contributed by atoms with Crippen LogP contribution in [0.25, 0.3) is 16.0 Å². The number of carboxylic acid groups (broad SMARTS) is 1. The first-order valence-electron chi connectivity index (χ1n) is 12.2. The zero-order valence-electron chi connectivity index (χ0n) is 21.6. The van der Waals surface area contributed by atoms with E-state index in [4.69, 9.17) is 14.6 Å². The van der Waals surface area contributed by atoms with Crippen molar-refractivity contribution in [3.05, 3.63) is 70.5 Å². The molecule has 0 amide bonds. The number of ether oxygens (including phenoxy) is 2. The van der Waals surface area contributed by atoms with Gasteiger partial charge in [-0.3, -0.25) is 4.79 Å². The van der Waals surface area contributed by atoms with Crippen molar-refractivity contribution in [2.75, 3.05) is 7.11 Å². The minimum atomic E-state index is -0.825. The number of rotatable bonds is 9. The van der Waals surface area contributed by atoms with Gasteiger partial charge >= 0.3 is 5.97 Å². The Labute approximate surface area is 216 Å². The van der Waals surface area contributed by atoms with Crippen molar-refractivity contribution in [2.45, 2.75) is 60.0 Å². The molecule has 0 fully saturated rings. The first-order chi connectivity index (χ1) is 17.3. The maximum Gasteiger partial charge on any atom is 0.303 e. The Morgan fingerprint density at radius 2 is 2.03 bits per heavy atom. The molecule has 3 aromatic rings. The Morgan fingerprint density at radius 1 is 1.25 bits per heavy atom. The highest BCUT2D eigenvalue weighted by Gasteiger charge is 2.33. The third-order valence-electron chi connectivity index (χ3n) is 6.19. The predicted octanol–water partition coefficient (Wildman–Crippen LogP) is 7.78. The molecule has 0 saturated heterocycles. The Balaban J connectivity index is 0.00000176. The van der Waals surface area contributed by atoms with Crippen LogP contribution in [0.1, 0.15) is 63.6 Å². The van der Waals surface area contributed by atoms with E-state index in [1.54, 1.807) is 6.07 Å². The van der Waals surface area contributed by atoms with Gasteiger partial charge in [-0.2, -0.15) is 0 Å². The number of hydrogen-bond acceptors (Lipinski definition) is 5. The lowest BCUT2D eigenvalue weighted by Crippen LogP contribution is -2.11. The Morgan fingerprint density at radius 3 is 2.69 bits per heavy atom. The zero-order valence-corrected chi connectivity index (χ0v) is 22.4. The lowest BCUT2D eigenvalue weighted by molar-refractivity contribution is -0.136. The normalized spacial score (nSPS) is 14.0. The predicted molar refractivity (Wildman–Crippen MR) is 143 cm³/mol. The van der Waals surface area contributed by atoms with Gasteiger partial charge in [0.15, 0.2) is 0 Å². The van der Waals surface area contributed by atoms with Crippen LogP contribution in [0.4, 0.5) is 4.39 Å². The largest absolute Gasteiger partial charge is 0.489 e. The van der Waals surface area contributed by atoms with Crippen molar-refractivity contribution in [2.24, 2.45) is 5.41 Å². The summed E-state index contributed by atoms with van der Waals surface area (Å²) in [6, 6.07) is 9.15. The maximum absolute atomic E-state index is 14.9. The molecular formula is C29H34FNO4S. The highest BCUT2D eigenvalue weighted by molar-refractivity contribution is 7.14. The number of halogens is 1. The molecule has 192 valence electrons. The average molecular weight is 512 g/mol. The standard InChI is InChI=1S/C27H28FNO4S.C2H6/c1-27(2)11-5-8-21(27)25-18(15-33-19-7-4-6-17(12-19)9-10-24(30)31)16-34-26(25)20-13-23(32-3)29-14-22(20)28;1-2/h4,6-8,12-14,16H,5,9-11,15H2,1-3H3,(H,30,31);1-2H3. The summed E-state index contributed by atoms with van der Waals surface area (Å²) in [7, 11) is 1.52. The van der Waals surface area contributed by atoms with Gasteiger partial charge in [0.2, 0.25) is 5.88 Å². The molecule has 0 spiro atoms. The van der Waals surface area contributed by atoms with Gasteiger partial charge in [-0.1, -0.05) is 45.9 Å². The molecule has 5 nitrogen and oxygen atoms in total. The second kappa shape index (κ2) is 12.2. The van der Waals surface area contributed by atoms with E-state index in [0.29, 0.717) is 30.2 Å². The second-order valence-electron chi connectivity index (χ2n) is 9.04. The molecule has 0 atom stereocenters. The number of methoxy groups -OCH3 is 1. The van der Waals surface area contributed by atoms with Gasteiger partial charge in [-0.15, -0.1) is 11.3 Å². The SMILES string of the molecule is CC.COc1cc(-c2scc(COc3cccc(CCC(=O)O)c3)c2C2=CCCC2(C)C)c(F)cn1. The van der Waals surface area contributed by atoms with Crippen LogP contribution in [-0.4, -0.2) is 23.2 Å². The summed E-state index contributed by atoms with van der Waals surface area (Å²) < 4.78 is 26.3. The van der Waals surface area contributed by atoms with E-state index in [-0.39, 0.29) is 17.7 Å². The highest BCUT2D eigenvalue weighted by Crippen LogP contribution is 2.50. The van der Waals surface area contributed by atoms with E-state index in [9.17, 15) is 9.18 Å². The van der Waals surface area contributed by atoms with Gasteiger partial charge in [-0.05, 0) is 53.3 Å². The van der Waals surface area contributed by atoms with Crippen molar-refractivity contribution >= 4 is 22.9 Å². The molecule has 0 unspecified atom stereocenters. The average Bonchev–Trinajstić information content (AvgIpc) is 3.44. The molecule has 0 bridgehead atoms. The first-order valence-corrected chi connectivity index (χ1v) is 13.1. The lowest BCUT2D eigenvalue weighted by atomic mass is 9.80. The van der Waals surface area contributed by atoms with Crippen LogP contribution in [0, 0.1) is 11.2 Å². The van der Waals surface area contributed by atoms with E-state index in [2.05, 4.69) is 24.9 Å². The van der Waals surface area contributed by atoms with Gasteiger partial charge in [0.25, 0.3) is 0 Å². The molecular weight excluding hydrogens is 477 g/mol. The number of thiophene rings is 1.